The minimum atomic E-state index is -0.191. The Hall–Kier alpha value is -1.79. The number of para-hydroxylation sites is 1. The van der Waals surface area contributed by atoms with Crippen molar-refractivity contribution in [2.45, 2.75) is 6.54 Å². The second-order valence-corrected chi connectivity index (χ2v) is 4.11. The van der Waals surface area contributed by atoms with Gasteiger partial charge in [-0.05, 0) is 13.1 Å². The third-order valence-electron chi connectivity index (χ3n) is 2.62. The molecule has 0 heterocycles. The first-order valence-corrected chi connectivity index (χ1v) is 6.41. The average Bonchev–Trinajstić information content (AvgIpc) is 2.46. The average molecular weight is 282 g/mol. The van der Waals surface area contributed by atoms with Crippen LogP contribution >= 0.6 is 0 Å². The maximum atomic E-state index is 11.6. The molecule has 0 fully saturated rings. The molecule has 20 heavy (non-hydrogen) atoms. The van der Waals surface area contributed by atoms with Crippen molar-refractivity contribution in [1.82, 2.24) is 10.6 Å². The van der Waals surface area contributed by atoms with Crippen LogP contribution < -0.4 is 20.1 Å². The van der Waals surface area contributed by atoms with Crippen LogP contribution in [0.4, 0.5) is 0 Å². The van der Waals surface area contributed by atoms with Crippen molar-refractivity contribution in [1.29, 1.82) is 0 Å². The SMILES string of the molecule is CNCc1cccc(OC)c1OCC(=O)NCCOC. The number of methoxy groups -OCH3 is 2. The molecular formula is C14H22N2O4. The lowest BCUT2D eigenvalue weighted by Crippen LogP contribution is -2.31. The number of hydrogen-bond donors (Lipinski definition) is 2. The zero-order chi connectivity index (χ0) is 14.8. The Bertz CT molecular complexity index is 424. The van der Waals surface area contributed by atoms with E-state index >= 15 is 0 Å². The maximum absolute atomic E-state index is 11.6. The van der Waals surface area contributed by atoms with E-state index in [1.165, 1.54) is 0 Å². The van der Waals surface area contributed by atoms with Crippen molar-refractivity contribution in [2.24, 2.45) is 0 Å². The maximum Gasteiger partial charge on any atom is 0.258 e. The van der Waals surface area contributed by atoms with Crippen LogP contribution in [0.1, 0.15) is 5.56 Å². The molecule has 0 unspecified atom stereocenters. The molecule has 6 nitrogen and oxygen atoms in total. The molecule has 0 aliphatic carbocycles. The number of ether oxygens (including phenoxy) is 3. The summed E-state index contributed by atoms with van der Waals surface area (Å²) in [5, 5.41) is 5.75. The highest BCUT2D eigenvalue weighted by Crippen LogP contribution is 2.30. The summed E-state index contributed by atoms with van der Waals surface area (Å²) in [6.07, 6.45) is 0. The van der Waals surface area contributed by atoms with E-state index in [4.69, 9.17) is 14.2 Å². The molecule has 1 aromatic rings. The normalized spacial score (nSPS) is 10.2. The van der Waals surface area contributed by atoms with Crippen LogP contribution in [-0.2, 0) is 16.1 Å². The first kappa shape index (κ1) is 16.3. The minimum absolute atomic E-state index is 0.0548. The zero-order valence-electron chi connectivity index (χ0n) is 12.2. The summed E-state index contributed by atoms with van der Waals surface area (Å²) < 4.78 is 15.7. The number of amides is 1. The summed E-state index contributed by atoms with van der Waals surface area (Å²) in [5.74, 6) is 1.01. The van der Waals surface area contributed by atoms with Crippen molar-refractivity contribution in [3.05, 3.63) is 23.8 Å². The van der Waals surface area contributed by atoms with Gasteiger partial charge < -0.3 is 24.8 Å². The quantitative estimate of drug-likeness (QED) is 0.648. The van der Waals surface area contributed by atoms with Crippen LogP contribution in [-0.4, -0.2) is 46.9 Å². The molecule has 0 aliphatic rings. The Morgan fingerprint density at radius 2 is 2.10 bits per heavy atom. The zero-order valence-corrected chi connectivity index (χ0v) is 12.2. The monoisotopic (exact) mass is 282 g/mol. The van der Waals surface area contributed by atoms with Crippen molar-refractivity contribution in [3.63, 3.8) is 0 Å². The minimum Gasteiger partial charge on any atom is -0.493 e. The highest BCUT2D eigenvalue weighted by Gasteiger charge is 2.11. The summed E-state index contributed by atoms with van der Waals surface area (Å²) in [6.45, 7) is 1.53. The molecular weight excluding hydrogens is 260 g/mol. The second-order valence-electron chi connectivity index (χ2n) is 4.11. The van der Waals surface area contributed by atoms with Gasteiger partial charge in [-0.25, -0.2) is 0 Å². The van der Waals surface area contributed by atoms with Crippen molar-refractivity contribution < 1.29 is 19.0 Å². The van der Waals surface area contributed by atoms with E-state index in [-0.39, 0.29) is 12.5 Å². The molecule has 6 heteroatoms. The fourth-order valence-electron chi connectivity index (χ4n) is 1.70. The van der Waals surface area contributed by atoms with E-state index in [0.29, 0.717) is 31.2 Å². The molecule has 0 aromatic heterocycles. The highest BCUT2D eigenvalue weighted by atomic mass is 16.5. The van der Waals surface area contributed by atoms with Gasteiger partial charge in [0.15, 0.2) is 18.1 Å². The fourth-order valence-corrected chi connectivity index (χ4v) is 1.70. The van der Waals surface area contributed by atoms with Gasteiger partial charge in [0.25, 0.3) is 5.91 Å². The molecule has 0 spiro atoms. The van der Waals surface area contributed by atoms with Gasteiger partial charge in [-0.1, -0.05) is 12.1 Å². The predicted molar refractivity (Wildman–Crippen MR) is 76.1 cm³/mol. The molecule has 0 saturated heterocycles. The number of hydrogen-bond acceptors (Lipinski definition) is 5. The van der Waals surface area contributed by atoms with Gasteiger partial charge in [0.1, 0.15) is 0 Å². The molecule has 1 rings (SSSR count). The molecule has 1 amide bonds. The summed E-state index contributed by atoms with van der Waals surface area (Å²) >= 11 is 0. The largest absolute Gasteiger partial charge is 0.493 e. The number of carbonyl (C=O) groups excluding carboxylic acids is 1. The molecule has 1 aromatic carbocycles. The lowest BCUT2D eigenvalue weighted by Gasteiger charge is -2.14. The van der Waals surface area contributed by atoms with Crippen molar-refractivity contribution >= 4 is 5.91 Å². The lowest BCUT2D eigenvalue weighted by molar-refractivity contribution is -0.123. The number of rotatable bonds is 9. The van der Waals surface area contributed by atoms with E-state index < -0.39 is 0 Å². The first-order chi connectivity index (χ1) is 9.72. The van der Waals surface area contributed by atoms with E-state index in [1.54, 1.807) is 20.3 Å². The Morgan fingerprint density at radius 3 is 2.75 bits per heavy atom. The molecule has 2 N–H and O–H groups in total. The fraction of sp³-hybridized carbons (Fsp3) is 0.500. The van der Waals surface area contributed by atoms with Gasteiger partial charge in [-0.15, -0.1) is 0 Å². The Morgan fingerprint density at radius 1 is 1.30 bits per heavy atom. The molecule has 0 atom stereocenters. The molecule has 0 aliphatic heterocycles. The topological polar surface area (TPSA) is 68.8 Å². The smallest absolute Gasteiger partial charge is 0.258 e. The predicted octanol–water partition coefficient (Wildman–Crippen LogP) is 0.556. The van der Waals surface area contributed by atoms with E-state index in [1.807, 2.05) is 19.2 Å². The third-order valence-corrected chi connectivity index (χ3v) is 2.62. The summed E-state index contributed by atoms with van der Waals surface area (Å²) in [5.41, 5.74) is 0.941. The van der Waals surface area contributed by atoms with Crippen LogP contribution in [0.2, 0.25) is 0 Å². The van der Waals surface area contributed by atoms with Gasteiger partial charge in [0.2, 0.25) is 0 Å². The lowest BCUT2D eigenvalue weighted by atomic mass is 10.2. The van der Waals surface area contributed by atoms with E-state index in [2.05, 4.69) is 10.6 Å². The van der Waals surface area contributed by atoms with Crippen LogP contribution in [0.25, 0.3) is 0 Å². The Kier molecular flexibility index (Phi) is 7.46. The van der Waals surface area contributed by atoms with Gasteiger partial charge in [0, 0.05) is 25.8 Å². The van der Waals surface area contributed by atoms with Gasteiger partial charge in [-0.3, -0.25) is 4.79 Å². The van der Waals surface area contributed by atoms with Gasteiger partial charge in [-0.2, -0.15) is 0 Å². The van der Waals surface area contributed by atoms with E-state index in [0.717, 1.165) is 5.56 Å². The Balaban J connectivity index is 2.63. The number of benzene rings is 1. The summed E-state index contributed by atoms with van der Waals surface area (Å²) in [6, 6.07) is 5.62. The third kappa shape index (κ3) is 5.07. The van der Waals surface area contributed by atoms with Crippen molar-refractivity contribution in [2.75, 3.05) is 41.0 Å². The summed E-state index contributed by atoms with van der Waals surface area (Å²) in [7, 11) is 5.01. The van der Waals surface area contributed by atoms with Gasteiger partial charge in [0.05, 0.1) is 13.7 Å². The number of carbonyl (C=O) groups is 1. The standard InChI is InChI=1S/C14H22N2O4/c1-15-9-11-5-4-6-12(19-3)14(11)20-10-13(17)16-7-8-18-2/h4-6,15H,7-10H2,1-3H3,(H,16,17). The van der Waals surface area contributed by atoms with E-state index in [9.17, 15) is 4.79 Å². The van der Waals surface area contributed by atoms with Crippen LogP contribution in [0.5, 0.6) is 11.5 Å². The molecule has 0 bridgehead atoms. The highest BCUT2D eigenvalue weighted by molar-refractivity contribution is 5.77. The van der Waals surface area contributed by atoms with Crippen LogP contribution in [0, 0.1) is 0 Å². The van der Waals surface area contributed by atoms with Gasteiger partial charge >= 0.3 is 0 Å². The number of nitrogens with one attached hydrogen (secondary N) is 2. The molecule has 112 valence electrons. The van der Waals surface area contributed by atoms with Crippen LogP contribution in [0.15, 0.2) is 18.2 Å². The second kappa shape index (κ2) is 9.17. The first-order valence-electron chi connectivity index (χ1n) is 6.41. The molecule has 0 saturated carbocycles. The van der Waals surface area contributed by atoms with Crippen molar-refractivity contribution in [3.8, 4) is 11.5 Å². The Labute approximate surface area is 119 Å². The molecule has 0 radical (unpaired) electrons. The van der Waals surface area contributed by atoms with Crippen LogP contribution in [0.3, 0.4) is 0 Å². The summed E-state index contributed by atoms with van der Waals surface area (Å²) in [4.78, 5) is 11.6.